The van der Waals surface area contributed by atoms with Gasteiger partial charge in [-0.05, 0) is 42.0 Å². The fourth-order valence-corrected chi connectivity index (χ4v) is 3.78. The summed E-state index contributed by atoms with van der Waals surface area (Å²) in [6, 6.07) is 23.1. The number of likely N-dealkylation sites (N-methyl/N-ethyl adjacent to an activating group) is 1. The molecule has 166 valence electrons. The maximum atomic E-state index is 13.6. The molecule has 7 nitrogen and oxygen atoms in total. The molecule has 1 aliphatic rings. The molecule has 1 N–H and O–H groups in total. The predicted octanol–water partition coefficient (Wildman–Crippen LogP) is 4.07. The van der Waals surface area contributed by atoms with Crippen LogP contribution in [0.1, 0.15) is 12.5 Å². The second-order valence-electron chi connectivity index (χ2n) is 7.52. The van der Waals surface area contributed by atoms with Crippen molar-refractivity contribution in [2.75, 3.05) is 29.3 Å². The smallest absolute Gasteiger partial charge is 0.282 e. The van der Waals surface area contributed by atoms with Crippen LogP contribution in [0.4, 0.5) is 17.1 Å². The van der Waals surface area contributed by atoms with Crippen LogP contribution in [0.3, 0.4) is 0 Å². The van der Waals surface area contributed by atoms with Crippen LogP contribution in [-0.4, -0.2) is 31.9 Å². The Morgan fingerprint density at radius 2 is 1.61 bits per heavy atom. The second-order valence-corrected chi connectivity index (χ2v) is 7.52. The lowest BCUT2D eigenvalue weighted by Gasteiger charge is -2.21. The van der Waals surface area contributed by atoms with Crippen molar-refractivity contribution in [1.82, 2.24) is 0 Å². The number of imide groups is 1. The number of nitrogens with zero attached hydrogens (tertiary/aromatic N) is 2. The Bertz CT molecular complexity index is 1250. The Labute approximate surface area is 191 Å². The second kappa shape index (κ2) is 9.00. The summed E-state index contributed by atoms with van der Waals surface area (Å²) in [7, 11) is 3.29. The van der Waals surface area contributed by atoms with Gasteiger partial charge in [0.05, 0.1) is 18.4 Å². The fraction of sp³-hybridized carbons (Fsp3) is 0.115. The lowest BCUT2D eigenvalue weighted by Crippen LogP contribution is -2.34. The first-order valence-electron chi connectivity index (χ1n) is 10.3. The van der Waals surface area contributed by atoms with E-state index >= 15 is 0 Å². The van der Waals surface area contributed by atoms with E-state index in [2.05, 4.69) is 5.32 Å². The van der Waals surface area contributed by atoms with Gasteiger partial charge in [0.1, 0.15) is 11.4 Å². The highest BCUT2D eigenvalue weighted by atomic mass is 16.5. The van der Waals surface area contributed by atoms with Crippen LogP contribution in [0.15, 0.2) is 84.6 Å². The van der Waals surface area contributed by atoms with Gasteiger partial charge in [0.25, 0.3) is 11.8 Å². The zero-order valence-electron chi connectivity index (χ0n) is 18.5. The SMILES string of the molecule is COc1cccc(N2C(=O)C(c3ccc(NC(C)=O)cc3)=C(N(C)c3ccccc3)C2=O)c1. The third-order valence-electron chi connectivity index (χ3n) is 5.34. The summed E-state index contributed by atoms with van der Waals surface area (Å²) in [5.74, 6) is -0.513. The van der Waals surface area contributed by atoms with Crippen LogP contribution in [0.2, 0.25) is 0 Å². The molecule has 3 amide bonds. The number of hydrogen-bond donors (Lipinski definition) is 1. The van der Waals surface area contributed by atoms with Gasteiger partial charge in [-0.25, -0.2) is 4.90 Å². The van der Waals surface area contributed by atoms with Gasteiger partial charge in [0, 0.05) is 31.4 Å². The standard InChI is InChI=1S/C26H23N3O4/c1-17(30)27-19-14-12-18(13-15-19)23-24(28(2)20-8-5-4-6-9-20)26(32)29(25(23)31)21-10-7-11-22(16-21)33-3/h4-16H,1-3H3,(H,27,30). The highest BCUT2D eigenvalue weighted by molar-refractivity contribution is 6.46. The number of methoxy groups -OCH3 is 1. The predicted molar refractivity (Wildman–Crippen MR) is 128 cm³/mol. The van der Waals surface area contributed by atoms with Crippen molar-refractivity contribution in [3.05, 3.63) is 90.1 Å². The molecule has 0 aliphatic carbocycles. The number of para-hydroxylation sites is 1. The van der Waals surface area contributed by atoms with E-state index < -0.39 is 11.8 Å². The number of hydrogen-bond acceptors (Lipinski definition) is 5. The molecule has 7 heteroatoms. The normalized spacial score (nSPS) is 13.4. The van der Waals surface area contributed by atoms with Crippen molar-refractivity contribution in [3.8, 4) is 5.75 Å². The molecule has 0 saturated heterocycles. The molecule has 0 fully saturated rings. The molecular formula is C26H23N3O4. The Kier molecular flexibility index (Phi) is 5.95. The number of benzene rings is 3. The van der Waals surface area contributed by atoms with E-state index in [0.717, 1.165) is 10.6 Å². The van der Waals surface area contributed by atoms with Gasteiger partial charge in [0.2, 0.25) is 5.91 Å². The Hall–Kier alpha value is -4.39. The Balaban J connectivity index is 1.83. The maximum absolute atomic E-state index is 13.6. The molecule has 0 bridgehead atoms. The van der Waals surface area contributed by atoms with E-state index in [1.807, 2.05) is 30.3 Å². The summed E-state index contributed by atoms with van der Waals surface area (Å²) in [6.45, 7) is 1.43. The molecule has 3 aromatic carbocycles. The molecule has 3 aromatic rings. The van der Waals surface area contributed by atoms with Crippen molar-refractivity contribution in [1.29, 1.82) is 0 Å². The van der Waals surface area contributed by atoms with Crippen LogP contribution in [0, 0.1) is 0 Å². The molecule has 0 atom stereocenters. The zero-order valence-corrected chi connectivity index (χ0v) is 18.5. The summed E-state index contributed by atoms with van der Waals surface area (Å²) in [6.07, 6.45) is 0. The van der Waals surface area contributed by atoms with Crippen molar-refractivity contribution >= 4 is 40.4 Å². The maximum Gasteiger partial charge on any atom is 0.282 e. The summed E-state index contributed by atoms with van der Waals surface area (Å²) in [4.78, 5) is 41.5. The van der Waals surface area contributed by atoms with Crippen molar-refractivity contribution < 1.29 is 19.1 Å². The monoisotopic (exact) mass is 441 g/mol. The molecule has 0 unspecified atom stereocenters. The number of anilines is 3. The minimum atomic E-state index is -0.432. The zero-order chi connectivity index (χ0) is 23.5. The van der Waals surface area contributed by atoms with Gasteiger partial charge in [-0.2, -0.15) is 0 Å². The first kappa shape index (κ1) is 21.8. The van der Waals surface area contributed by atoms with Gasteiger partial charge in [0.15, 0.2) is 0 Å². The number of amides is 3. The van der Waals surface area contributed by atoms with Crippen LogP contribution in [-0.2, 0) is 14.4 Å². The third-order valence-corrected chi connectivity index (χ3v) is 5.34. The number of nitrogens with one attached hydrogen (secondary N) is 1. The number of carbonyl (C=O) groups excluding carboxylic acids is 3. The summed E-state index contributed by atoms with van der Waals surface area (Å²) in [5.41, 5.74) is 2.92. The first-order valence-corrected chi connectivity index (χ1v) is 10.3. The summed E-state index contributed by atoms with van der Waals surface area (Å²) >= 11 is 0. The minimum Gasteiger partial charge on any atom is -0.497 e. The summed E-state index contributed by atoms with van der Waals surface area (Å²) < 4.78 is 5.28. The van der Waals surface area contributed by atoms with E-state index in [1.165, 1.54) is 14.0 Å². The molecule has 0 saturated carbocycles. The molecule has 0 radical (unpaired) electrons. The lowest BCUT2D eigenvalue weighted by molar-refractivity contribution is -0.120. The van der Waals surface area contributed by atoms with E-state index in [4.69, 9.17) is 4.74 Å². The minimum absolute atomic E-state index is 0.192. The van der Waals surface area contributed by atoms with E-state index in [0.29, 0.717) is 22.7 Å². The van der Waals surface area contributed by atoms with Crippen molar-refractivity contribution in [2.45, 2.75) is 6.92 Å². The molecular weight excluding hydrogens is 418 g/mol. The van der Waals surface area contributed by atoms with Crippen LogP contribution >= 0.6 is 0 Å². The quantitative estimate of drug-likeness (QED) is 0.584. The third kappa shape index (κ3) is 4.21. The molecule has 1 aliphatic heterocycles. The Morgan fingerprint density at radius 3 is 2.24 bits per heavy atom. The van der Waals surface area contributed by atoms with E-state index in [1.54, 1.807) is 60.5 Å². The number of carbonyl (C=O) groups is 3. The highest BCUT2D eigenvalue weighted by Crippen LogP contribution is 2.37. The molecule has 1 heterocycles. The largest absolute Gasteiger partial charge is 0.497 e. The number of ether oxygens (including phenoxy) is 1. The van der Waals surface area contributed by atoms with Gasteiger partial charge in [-0.3, -0.25) is 14.4 Å². The van der Waals surface area contributed by atoms with Crippen molar-refractivity contribution in [3.63, 3.8) is 0 Å². The summed E-state index contributed by atoms with van der Waals surface area (Å²) in [5, 5.41) is 2.71. The van der Waals surface area contributed by atoms with Gasteiger partial charge in [-0.15, -0.1) is 0 Å². The molecule has 0 aromatic heterocycles. The number of rotatable bonds is 6. The van der Waals surface area contributed by atoms with E-state index in [-0.39, 0.29) is 17.2 Å². The fourth-order valence-electron chi connectivity index (χ4n) is 3.78. The van der Waals surface area contributed by atoms with Crippen LogP contribution in [0.5, 0.6) is 5.75 Å². The van der Waals surface area contributed by atoms with Gasteiger partial charge >= 0.3 is 0 Å². The Morgan fingerprint density at radius 1 is 0.909 bits per heavy atom. The highest BCUT2D eigenvalue weighted by Gasteiger charge is 2.42. The molecule has 4 rings (SSSR count). The molecule has 33 heavy (non-hydrogen) atoms. The van der Waals surface area contributed by atoms with Gasteiger partial charge in [-0.1, -0.05) is 36.4 Å². The average Bonchev–Trinajstić information content (AvgIpc) is 3.09. The van der Waals surface area contributed by atoms with Crippen molar-refractivity contribution in [2.24, 2.45) is 0 Å². The molecule has 0 spiro atoms. The van der Waals surface area contributed by atoms with Gasteiger partial charge < -0.3 is 15.0 Å². The topological polar surface area (TPSA) is 79.0 Å². The van der Waals surface area contributed by atoms with E-state index in [9.17, 15) is 14.4 Å². The average molecular weight is 441 g/mol. The first-order chi connectivity index (χ1) is 15.9. The lowest BCUT2D eigenvalue weighted by atomic mass is 10.0. The van der Waals surface area contributed by atoms with Crippen LogP contribution in [0.25, 0.3) is 5.57 Å². The van der Waals surface area contributed by atoms with Crippen LogP contribution < -0.4 is 19.9 Å².